The van der Waals surface area contributed by atoms with Crippen LogP contribution in [0.5, 0.6) is 0 Å². The van der Waals surface area contributed by atoms with E-state index in [0.717, 1.165) is 15.9 Å². The molecule has 106 valence electrons. The van der Waals surface area contributed by atoms with E-state index in [1.165, 1.54) is 22.3 Å². The molecule has 0 saturated heterocycles. The average Bonchev–Trinajstić information content (AvgIpc) is 2.36. The number of halogens is 2. The molecule has 1 nitrogen and oxygen atoms in total. The smallest absolute Gasteiger partial charge is 0.0441 e. The maximum absolute atomic E-state index is 6.34. The van der Waals surface area contributed by atoms with Crippen molar-refractivity contribution in [2.24, 2.45) is 0 Å². The van der Waals surface area contributed by atoms with E-state index in [4.69, 9.17) is 11.6 Å². The van der Waals surface area contributed by atoms with Crippen molar-refractivity contribution in [3.8, 4) is 0 Å². The van der Waals surface area contributed by atoms with Crippen LogP contribution in [0, 0.1) is 13.8 Å². The largest absolute Gasteiger partial charge is 0.313 e. The Morgan fingerprint density at radius 2 is 1.85 bits per heavy atom. The molecule has 2 aromatic carbocycles. The molecule has 1 N–H and O–H groups in total. The Labute approximate surface area is 134 Å². The third-order valence-corrected chi connectivity index (χ3v) is 4.26. The Morgan fingerprint density at radius 3 is 2.45 bits per heavy atom. The van der Waals surface area contributed by atoms with E-state index in [2.05, 4.69) is 65.4 Å². The molecular formula is C17H19BrClN. The van der Waals surface area contributed by atoms with E-state index in [0.29, 0.717) is 0 Å². The molecule has 0 amide bonds. The monoisotopic (exact) mass is 351 g/mol. The van der Waals surface area contributed by atoms with Crippen LogP contribution >= 0.6 is 27.5 Å². The van der Waals surface area contributed by atoms with Crippen LogP contribution in [-0.4, -0.2) is 7.05 Å². The molecule has 0 fully saturated rings. The van der Waals surface area contributed by atoms with Crippen LogP contribution in [0.3, 0.4) is 0 Å². The van der Waals surface area contributed by atoms with E-state index in [1.807, 2.05) is 13.1 Å². The molecule has 0 aliphatic carbocycles. The quantitative estimate of drug-likeness (QED) is 0.795. The number of rotatable bonds is 4. The molecule has 20 heavy (non-hydrogen) atoms. The predicted octanol–water partition coefficient (Wildman–Crippen LogP) is 5.22. The minimum Gasteiger partial charge on any atom is -0.313 e. The van der Waals surface area contributed by atoms with Crippen LogP contribution in [0.15, 0.2) is 40.9 Å². The zero-order chi connectivity index (χ0) is 14.7. The molecule has 3 heteroatoms. The molecule has 0 radical (unpaired) electrons. The predicted molar refractivity (Wildman–Crippen MR) is 90.6 cm³/mol. The first-order chi connectivity index (χ1) is 9.49. The first kappa shape index (κ1) is 15.6. The summed E-state index contributed by atoms with van der Waals surface area (Å²) < 4.78 is 1.11. The van der Waals surface area contributed by atoms with Crippen molar-refractivity contribution in [3.05, 3.63) is 68.1 Å². The van der Waals surface area contributed by atoms with Gasteiger partial charge >= 0.3 is 0 Å². The van der Waals surface area contributed by atoms with Crippen molar-refractivity contribution < 1.29 is 0 Å². The highest BCUT2D eigenvalue weighted by molar-refractivity contribution is 9.10. The van der Waals surface area contributed by atoms with Gasteiger partial charge in [0.15, 0.2) is 0 Å². The zero-order valence-corrected chi connectivity index (χ0v) is 14.3. The maximum Gasteiger partial charge on any atom is 0.0441 e. The first-order valence-corrected chi connectivity index (χ1v) is 7.86. The second-order valence-electron chi connectivity index (χ2n) is 5.20. The summed E-state index contributed by atoms with van der Waals surface area (Å²) in [6.45, 7) is 4.17. The highest BCUT2D eigenvalue weighted by Crippen LogP contribution is 2.26. The Kier molecular flexibility index (Phi) is 5.25. The summed E-state index contributed by atoms with van der Waals surface area (Å²) in [5.74, 6) is 0. The minimum absolute atomic E-state index is 0.256. The number of nitrogens with one attached hydrogen (secondary N) is 1. The summed E-state index contributed by atoms with van der Waals surface area (Å²) >= 11 is 9.91. The summed E-state index contributed by atoms with van der Waals surface area (Å²) in [5, 5.41) is 4.23. The van der Waals surface area contributed by atoms with Gasteiger partial charge in [-0.2, -0.15) is 0 Å². The molecule has 0 heterocycles. The topological polar surface area (TPSA) is 12.0 Å². The number of hydrogen-bond acceptors (Lipinski definition) is 1. The average molecular weight is 353 g/mol. The molecule has 0 spiro atoms. The lowest BCUT2D eigenvalue weighted by Crippen LogP contribution is -2.19. The van der Waals surface area contributed by atoms with Crippen LogP contribution in [0.25, 0.3) is 0 Å². The van der Waals surface area contributed by atoms with Gasteiger partial charge in [-0.05, 0) is 67.8 Å². The van der Waals surface area contributed by atoms with E-state index in [1.54, 1.807) is 0 Å². The molecule has 1 atom stereocenters. The minimum atomic E-state index is 0.256. The summed E-state index contributed by atoms with van der Waals surface area (Å²) in [6.07, 6.45) is 0.880. The van der Waals surface area contributed by atoms with E-state index in [-0.39, 0.29) is 6.04 Å². The standard InChI is InChI=1S/C17H19BrClN/c1-11-4-5-13(16(19)8-11)10-17(20-3)14-6-12(2)7-15(18)9-14/h4-9,17,20H,10H2,1-3H3. The van der Waals surface area contributed by atoms with Gasteiger partial charge in [0, 0.05) is 15.5 Å². The van der Waals surface area contributed by atoms with Crippen LogP contribution in [0.4, 0.5) is 0 Å². The normalized spacial score (nSPS) is 12.4. The molecule has 0 saturated carbocycles. The third kappa shape index (κ3) is 3.85. The summed E-state index contributed by atoms with van der Waals surface area (Å²) in [6, 6.07) is 13.0. The Balaban J connectivity index is 2.28. The van der Waals surface area contributed by atoms with Gasteiger partial charge in [0.1, 0.15) is 0 Å². The Hall–Kier alpha value is -0.830. The second-order valence-corrected chi connectivity index (χ2v) is 6.53. The summed E-state index contributed by atoms with van der Waals surface area (Å²) in [5.41, 5.74) is 4.90. The van der Waals surface area contributed by atoms with Crippen molar-refractivity contribution in [1.82, 2.24) is 5.32 Å². The summed E-state index contributed by atoms with van der Waals surface area (Å²) in [7, 11) is 1.99. The van der Waals surface area contributed by atoms with Gasteiger partial charge in [-0.1, -0.05) is 45.7 Å². The molecular weight excluding hydrogens is 334 g/mol. The van der Waals surface area contributed by atoms with Gasteiger partial charge in [0.2, 0.25) is 0 Å². The summed E-state index contributed by atoms with van der Waals surface area (Å²) in [4.78, 5) is 0. The Bertz CT molecular complexity index is 590. The highest BCUT2D eigenvalue weighted by Gasteiger charge is 2.13. The number of hydrogen-bond donors (Lipinski definition) is 1. The Morgan fingerprint density at radius 1 is 1.10 bits per heavy atom. The van der Waals surface area contributed by atoms with Crippen molar-refractivity contribution in [2.45, 2.75) is 26.3 Å². The molecule has 1 unspecified atom stereocenters. The van der Waals surface area contributed by atoms with Crippen LogP contribution in [-0.2, 0) is 6.42 Å². The zero-order valence-electron chi connectivity index (χ0n) is 12.0. The van der Waals surface area contributed by atoms with Gasteiger partial charge in [-0.15, -0.1) is 0 Å². The molecule has 2 rings (SSSR count). The van der Waals surface area contributed by atoms with Crippen LogP contribution in [0.2, 0.25) is 5.02 Å². The van der Waals surface area contributed by atoms with E-state index < -0.39 is 0 Å². The lowest BCUT2D eigenvalue weighted by atomic mass is 9.97. The number of aryl methyl sites for hydroxylation is 2. The first-order valence-electron chi connectivity index (χ1n) is 6.69. The lowest BCUT2D eigenvalue weighted by molar-refractivity contribution is 0.591. The van der Waals surface area contributed by atoms with Crippen molar-refractivity contribution in [3.63, 3.8) is 0 Å². The number of likely N-dealkylation sites (N-methyl/N-ethyl adjacent to an activating group) is 1. The van der Waals surface area contributed by atoms with Gasteiger partial charge in [0.25, 0.3) is 0 Å². The highest BCUT2D eigenvalue weighted by atomic mass is 79.9. The van der Waals surface area contributed by atoms with Crippen molar-refractivity contribution >= 4 is 27.5 Å². The second kappa shape index (κ2) is 6.75. The fourth-order valence-electron chi connectivity index (χ4n) is 2.39. The SMILES string of the molecule is CNC(Cc1ccc(C)cc1Cl)c1cc(C)cc(Br)c1. The van der Waals surface area contributed by atoms with Gasteiger partial charge in [-0.3, -0.25) is 0 Å². The fraction of sp³-hybridized carbons (Fsp3) is 0.294. The van der Waals surface area contributed by atoms with E-state index >= 15 is 0 Å². The third-order valence-electron chi connectivity index (χ3n) is 3.45. The van der Waals surface area contributed by atoms with Crippen molar-refractivity contribution in [2.75, 3.05) is 7.05 Å². The van der Waals surface area contributed by atoms with Gasteiger partial charge in [-0.25, -0.2) is 0 Å². The lowest BCUT2D eigenvalue weighted by Gasteiger charge is -2.19. The molecule has 0 bridgehead atoms. The fourth-order valence-corrected chi connectivity index (χ4v) is 3.33. The molecule has 0 aromatic heterocycles. The van der Waals surface area contributed by atoms with Gasteiger partial charge in [0.05, 0.1) is 0 Å². The molecule has 0 aliphatic rings. The van der Waals surface area contributed by atoms with Crippen LogP contribution in [0.1, 0.15) is 28.3 Å². The van der Waals surface area contributed by atoms with E-state index in [9.17, 15) is 0 Å². The maximum atomic E-state index is 6.34. The van der Waals surface area contributed by atoms with Crippen molar-refractivity contribution in [1.29, 1.82) is 0 Å². The van der Waals surface area contributed by atoms with Crippen LogP contribution < -0.4 is 5.32 Å². The molecule has 2 aromatic rings. The number of benzene rings is 2. The van der Waals surface area contributed by atoms with Gasteiger partial charge < -0.3 is 5.32 Å². The molecule has 0 aliphatic heterocycles.